The lowest BCUT2D eigenvalue weighted by molar-refractivity contribution is -0.439. The van der Waals surface area contributed by atoms with Gasteiger partial charge in [-0.15, -0.1) is 0 Å². The molecule has 0 fully saturated rings. The third kappa shape index (κ3) is 4.83. The number of hydrogen-bond acceptors (Lipinski definition) is 4. The molecule has 158 valence electrons. The highest BCUT2D eigenvalue weighted by Gasteiger charge is 2.45. The van der Waals surface area contributed by atoms with E-state index >= 15 is 0 Å². The predicted octanol–water partition coefficient (Wildman–Crippen LogP) is 3.83. The molecule has 8 heteroatoms. The van der Waals surface area contributed by atoms with Crippen LogP contribution in [0.2, 0.25) is 0 Å². The Balaban J connectivity index is 1.97. The normalized spacial score (nSPS) is 15.6. The van der Waals surface area contributed by atoms with Gasteiger partial charge in [-0.3, -0.25) is 9.55 Å². The summed E-state index contributed by atoms with van der Waals surface area (Å²) in [6.45, 7) is 4.43. The zero-order chi connectivity index (χ0) is 21.9. The molecule has 2 aromatic carbocycles. The number of aromatic carboxylic acids is 1. The maximum atomic E-state index is 11.5. The maximum Gasteiger partial charge on any atom is 0.335 e. The van der Waals surface area contributed by atoms with Gasteiger partial charge in [0.25, 0.3) is 10.1 Å². The van der Waals surface area contributed by atoms with Gasteiger partial charge in [-0.05, 0) is 38.1 Å². The Morgan fingerprint density at radius 3 is 2.50 bits per heavy atom. The number of carboxylic acid groups (broad SMARTS) is 1. The molecule has 0 atom stereocenters. The Bertz CT molecular complexity index is 1120. The van der Waals surface area contributed by atoms with Gasteiger partial charge < -0.3 is 5.11 Å². The van der Waals surface area contributed by atoms with E-state index in [1.165, 1.54) is 0 Å². The Labute approximate surface area is 176 Å². The molecule has 0 bridgehead atoms. The van der Waals surface area contributed by atoms with Gasteiger partial charge in [0.05, 0.1) is 28.8 Å². The van der Waals surface area contributed by atoms with Crippen LogP contribution in [-0.4, -0.2) is 52.8 Å². The monoisotopic (exact) mass is 429 g/mol. The maximum absolute atomic E-state index is 11.5. The molecule has 2 aromatic rings. The number of fused-ring (bicyclic) bond motifs is 1. The molecule has 0 spiro atoms. The zero-order valence-corrected chi connectivity index (χ0v) is 17.8. The Morgan fingerprint density at radius 1 is 1.17 bits per heavy atom. The van der Waals surface area contributed by atoms with Crippen molar-refractivity contribution >= 4 is 39.4 Å². The van der Waals surface area contributed by atoms with Crippen LogP contribution in [0.15, 0.2) is 53.5 Å². The zero-order valence-electron chi connectivity index (χ0n) is 16.9. The van der Waals surface area contributed by atoms with Crippen molar-refractivity contribution in [2.24, 2.45) is 4.99 Å². The summed E-state index contributed by atoms with van der Waals surface area (Å²) in [5.74, 6) is -1.33. The van der Waals surface area contributed by atoms with Gasteiger partial charge in [0.1, 0.15) is 6.54 Å². The van der Waals surface area contributed by atoms with Gasteiger partial charge >= 0.3 is 5.97 Å². The summed E-state index contributed by atoms with van der Waals surface area (Å²) in [5.41, 5.74) is 3.30. The molecule has 3 rings (SSSR count). The van der Waals surface area contributed by atoms with Crippen molar-refractivity contribution in [3.8, 4) is 0 Å². The minimum Gasteiger partial charge on any atom is -0.478 e. The highest BCUT2D eigenvalue weighted by molar-refractivity contribution is 7.85. The first-order valence-electron chi connectivity index (χ1n) is 9.64. The molecule has 30 heavy (non-hydrogen) atoms. The van der Waals surface area contributed by atoms with Gasteiger partial charge in [-0.1, -0.05) is 18.2 Å². The van der Waals surface area contributed by atoms with E-state index in [1.54, 1.807) is 18.2 Å². The standard InChI is InChI=1S/C22H24N2O5S/c1-22(2)18-15-16(21(25)26)9-10-19(18)24(13-6-14-30(27,28)29)20(22)11-12-23-17-7-4-3-5-8-17/h3-5,7-10,12,15H,6,11,13-14H2,1-2H3,(H-,25,26,27,28,29)/p+1. The van der Waals surface area contributed by atoms with Gasteiger partial charge in [0.2, 0.25) is 5.69 Å². The SMILES string of the molecule is CC1(C)C(CC=Nc2ccccc2)=[N+](CCCS(=O)(=O)O)c2ccc(C(=O)O)cc21. The van der Waals surface area contributed by atoms with Crippen LogP contribution in [0.4, 0.5) is 11.4 Å². The fourth-order valence-corrected chi connectivity index (χ4v) is 4.31. The molecule has 2 N–H and O–H groups in total. The minimum atomic E-state index is -4.05. The smallest absolute Gasteiger partial charge is 0.335 e. The summed E-state index contributed by atoms with van der Waals surface area (Å²) in [4.78, 5) is 15.9. The summed E-state index contributed by atoms with van der Waals surface area (Å²) in [6, 6.07) is 14.5. The Hall–Kier alpha value is -2.84. The summed E-state index contributed by atoms with van der Waals surface area (Å²) < 4.78 is 33.4. The second-order valence-corrected chi connectivity index (χ2v) is 9.32. The van der Waals surface area contributed by atoms with Crippen molar-refractivity contribution < 1.29 is 27.4 Å². The fourth-order valence-electron chi connectivity index (χ4n) is 3.82. The van der Waals surface area contributed by atoms with E-state index in [4.69, 9.17) is 4.55 Å². The van der Waals surface area contributed by atoms with Crippen molar-refractivity contribution in [3.63, 3.8) is 0 Å². The Morgan fingerprint density at radius 2 is 1.87 bits per heavy atom. The largest absolute Gasteiger partial charge is 0.478 e. The van der Waals surface area contributed by atoms with Crippen LogP contribution in [-0.2, 0) is 15.5 Å². The van der Waals surface area contributed by atoms with Crippen LogP contribution < -0.4 is 0 Å². The van der Waals surface area contributed by atoms with E-state index in [0.29, 0.717) is 13.0 Å². The number of para-hydroxylation sites is 1. The van der Waals surface area contributed by atoms with Crippen molar-refractivity contribution in [2.75, 3.05) is 12.3 Å². The number of aliphatic imine (C=N–C) groups is 1. The van der Waals surface area contributed by atoms with E-state index in [2.05, 4.69) is 4.99 Å². The number of rotatable bonds is 8. The van der Waals surface area contributed by atoms with Crippen LogP contribution in [0, 0.1) is 0 Å². The highest BCUT2D eigenvalue weighted by Crippen LogP contribution is 2.41. The second kappa shape index (κ2) is 8.49. The number of nitrogens with zero attached hydrogens (tertiary/aromatic N) is 2. The predicted molar refractivity (Wildman–Crippen MR) is 116 cm³/mol. The first-order chi connectivity index (χ1) is 14.1. The molecule has 0 saturated heterocycles. The van der Waals surface area contributed by atoms with E-state index < -0.39 is 21.5 Å². The fraction of sp³-hybridized carbons (Fsp3) is 0.318. The number of hydrogen-bond donors (Lipinski definition) is 2. The minimum absolute atomic E-state index is 0.207. The highest BCUT2D eigenvalue weighted by atomic mass is 32.2. The molecule has 0 unspecified atom stereocenters. The molecular formula is C22H25N2O5S+. The number of carbonyl (C=O) groups is 1. The van der Waals surface area contributed by atoms with Gasteiger partial charge in [0, 0.05) is 24.3 Å². The van der Waals surface area contributed by atoms with E-state index in [-0.39, 0.29) is 17.7 Å². The lowest BCUT2D eigenvalue weighted by Crippen LogP contribution is -2.30. The molecule has 0 radical (unpaired) electrons. The van der Waals surface area contributed by atoms with Gasteiger partial charge in [0.15, 0.2) is 5.71 Å². The van der Waals surface area contributed by atoms with Crippen molar-refractivity contribution in [1.82, 2.24) is 0 Å². The van der Waals surface area contributed by atoms with Crippen molar-refractivity contribution in [2.45, 2.75) is 32.1 Å². The Kier molecular flexibility index (Phi) is 6.19. The third-order valence-corrected chi connectivity index (χ3v) is 6.12. The van der Waals surface area contributed by atoms with Crippen molar-refractivity contribution in [1.29, 1.82) is 0 Å². The van der Waals surface area contributed by atoms with Crippen molar-refractivity contribution in [3.05, 3.63) is 59.7 Å². The molecule has 0 aromatic heterocycles. The number of carboxylic acids is 1. The average molecular weight is 430 g/mol. The summed E-state index contributed by atoms with van der Waals surface area (Å²) in [7, 11) is -4.05. The molecule has 1 aliphatic heterocycles. The first-order valence-corrected chi connectivity index (χ1v) is 11.2. The topological polar surface area (TPSA) is 107 Å². The molecule has 1 aliphatic rings. The molecule has 7 nitrogen and oxygen atoms in total. The molecular weight excluding hydrogens is 404 g/mol. The van der Waals surface area contributed by atoms with Gasteiger partial charge in [-0.2, -0.15) is 13.0 Å². The molecule has 0 amide bonds. The molecule has 0 saturated carbocycles. The summed E-state index contributed by atoms with van der Waals surface area (Å²) in [6.07, 6.45) is 2.57. The van der Waals surface area contributed by atoms with Crippen LogP contribution in [0.25, 0.3) is 0 Å². The average Bonchev–Trinajstić information content (AvgIpc) is 2.88. The quantitative estimate of drug-likeness (QED) is 0.377. The summed E-state index contributed by atoms with van der Waals surface area (Å²) in [5, 5.41) is 9.38. The van der Waals surface area contributed by atoms with Crippen LogP contribution in [0.5, 0.6) is 0 Å². The first kappa shape index (κ1) is 21.9. The molecule has 0 aliphatic carbocycles. The van der Waals surface area contributed by atoms with E-state index in [9.17, 15) is 18.3 Å². The molecule has 1 heterocycles. The van der Waals surface area contributed by atoms with E-state index in [0.717, 1.165) is 22.6 Å². The van der Waals surface area contributed by atoms with Crippen LogP contribution in [0.3, 0.4) is 0 Å². The van der Waals surface area contributed by atoms with Crippen LogP contribution >= 0.6 is 0 Å². The number of benzene rings is 2. The van der Waals surface area contributed by atoms with Gasteiger partial charge in [-0.25, -0.2) is 4.79 Å². The second-order valence-electron chi connectivity index (χ2n) is 7.75. The lowest BCUT2D eigenvalue weighted by atomic mass is 9.80. The summed E-state index contributed by atoms with van der Waals surface area (Å²) >= 11 is 0. The third-order valence-electron chi connectivity index (χ3n) is 5.32. The van der Waals surface area contributed by atoms with E-state index in [1.807, 2.05) is 55.0 Å². The lowest BCUT2D eigenvalue weighted by Gasteiger charge is -2.17. The van der Waals surface area contributed by atoms with Crippen LogP contribution in [0.1, 0.15) is 42.6 Å².